The summed E-state index contributed by atoms with van der Waals surface area (Å²) in [6.45, 7) is 8.80. The highest BCUT2D eigenvalue weighted by molar-refractivity contribution is 8.04. The quantitative estimate of drug-likeness (QED) is 0.778. The normalized spacial score (nSPS) is 16.3. The topological polar surface area (TPSA) is 58.6 Å². The molecule has 1 aromatic carbocycles. The Kier molecular flexibility index (Phi) is 6.51. The maximum atomic E-state index is 13.4. The van der Waals surface area contributed by atoms with Gasteiger partial charge in [-0.25, -0.2) is 8.78 Å². The summed E-state index contributed by atoms with van der Waals surface area (Å²) in [6, 6.07) is 2.74. The summed E-state index contributed by atoms with van der Waals surface area (Å²) < 4.78 is 32.3. The van der Waals surface area contributed by atoms with Crippen LogP contribution in [-0.4, -0.2) is 34.2 Å². The molecule has 0 aliphatic carbocycles. The van der Waals surface area contributed by atoms with Crippen LogP contribution in [0.2, 0.25) is 0 Å². The summed E-state index contributed by atoms with van der Waals surface area (Å²) in [5.41, 5.74) is -1.31. The first kappa shape index (κ1) is 21.2. The first-order valence-electron chi connectivity index (χ1n) is 8.66. The molecular weight excluding hydrogens is 374 g/mol. The highest BCUT2D eigenvalue weighted by Gasteiger charge is 2.42. The standard InChI is InChI=1S/C19H24F2N2O3S/c1-6-11(2)27-16-12(3)26-10-23(17(16)24)19(4,5)18(25)22-15-8-13(20)7-14(21)9-15/h7-9,11H,6,10H2,1-5H3,(H,22,25). The number of amides is 2. The number of halogens is 2. The summed E-state index contributed by atoms with van der Waals surface area (Å²) in [5.74, 6) is -1.94. The van der Waals surface area contributed by atoms with Crippen molar-refractivity contribution in [3.05, 3.63) is 40.5 Å². The minimum atomic E-state index is -1.29. The fourth-order valence-corrected chi connectivity index (χ4v) is 3.43. The van der Waals surface area contributed by atoms with E-state index in [0.29, 0.717) is 10.7 Å². The van der Waals surface area contributed by atoms with Gasteiger partial charge < -0.3 is 10.1 Å². The van der Waals surface area contributed by atoms with Crippen LogP contribution in [0, 0.1) is 11.6 Å². The van der Waals surface area contributed by atoms with Gasteiger partial charge in [0.1, 0.15) is 27.8 Å². The van der Waals surface area contributed by atoms with E-state index < -0.39 is 23.1 Å². The smallest absolute Gasteiger partial charge is 0.267 e. The van der Waals surface area contributed by atoms with Crippen molar-refractivity contribution in [3.8, 4) is 0 Å². The van der Waals surface area contributed by atoms with E-state index in [2.05, 4.69) is 5.32 Å². The number of anilines is 1. The molecule has 1 aliphatic heterocycles. The van der Waals surface area contributed by atoms with Crippen LogP contribution in [0.25, 0.3) is 0 Å². The lowest BCUT2D eigenvalue weighted by atomic mass is 10.0. The van der Waals surface area contributed by atoms with Crippen LogP contribution in [0.5, 0.6) is 0 Å². The first-order chi connectivity index (χ1) is 12.6. The molecule has 1 aromatic rings. The van der Waals surface area contributed by atoms with E-state index in [1.54, 1.807) is 20.8 Å². The fraction of sp³-hybridized carbons (Fsp3) is 0.474. The Bertz CT molecular complexity index is 760. The van der Waals surface area contributed by atoms with E-state index in [1.807, 2.05) is 13.8 Å². The van der Waals surface area contributed by atoms with Crippen molar-refractivity contribution >= 4 is 29.3 Å². The molecule has 0 aromatic heterocycles. The lowest BCUT2D eigenvalue weighted by Crippen LogP contribution is -2.57. The highest BCUT2D eigenvalue weighted by atomic mass is 32.2. The minimum Gasteiger partial charge on any atom is -0.476 e. The molecule has 0 bridgehead atoms. The van der Waals surface area contributed by atoms with Crippen molar-refractivity contribution in [2.24, 2.45) is 0 Å². The molecule has 2 amide bonds. The van der Waals surface area contributed by atoms with E-state index >= 15 is 0 Å². The maximum absolute atomic E-state index is 13.4. The second-order valence-electron chi connectivity index (χ2n) is 6.90. The predicted octanol–water partition coefficient (Wildman–Crippen LogP) is 4.26. The van der Waals surface area contributed by atoms with Crippen molar-refractivity contribution in [2.75, 3.05) is 12.0 Å². The van der Waals surface area contributed by atoms with E-state index in [4.69, 9.17) is 4.74 Å². The number of nitrogens with one attached hydrogen (secondary N) is 1. The molecule has 0 saturated heterocycles. The van der Waals surface area contributed by atoms with Crippen LogP contribution in [0.15, 0.2) is 28.9 Å². The molecule has 1 aliphatic rings. The van der Waals surface area contributed by atoms with Crippen molar-refractivity contribution in [1.82, 2.24) is 4.90 Å². The molecule has 8 heteroatoms. The molecule has 0 fully saturated rings. The molecule has 5 nitrogen and oxygen atoms in total. The van der Waals surface area contributed by atoms with Crippen molar-refractivity contribution in [3.63, 3.8) is 0 Å². The number of benzene rings is 1. The molecule has 0 spiro atoms. The van der Waals surface area contributed by atoms with Gasteiger partial charge >= 0.3 is 0 Å². The van der Waals surface area contributed by atoms with E-state index in [9.17, 15) is 18.4 Å². The van der Waals surface area contributed by atoms with Gasteiger partial charge in [0.15, 0.2) is 6.73 Å². The third kappa shape index (κ3) is 4.80. The zero-order valence-corrected chi connectivity index (χ0v) is 16.9. The fourth-order valence-electron chi connectivity index (χ4n) is 2.42. The first-order valence-corrected chi connectivity index (χ1v) is 9.54. The number of hydrogen-bond donors (Lipinski definition) is 1. The van der Waals surface area contributed by atoms with Gasteiger partial charge in [-0.3, -0.25) is 14.5 Å². The summed E-state index contributed by atoms with van der Waals surface area (Å²) >= 11 is 1.41. The van der Waals surface area contributed by atoms with E-state index in [0.717, 1.165) is 24.6 Å². The van der Waals surface area contributed by atoms with Crippen LogP contribution in [-0.2, 0) is 14.3 Å². The number of ether oxygens (including phenoxy) is 1. The van der Waals surface area contributed by atoms with Gasteiger partial charge in [-0.15, -0.1) is 11.8 Å². The van der Waals surface area contributed by atoms with Crippen LogP contribution in [0.4, 0.5) is 14.5 Å². The Labute approximate surface area is 162 Å². The molecule has 148 valence electrons. The van der Waals surface area contributed by atoms with Gasteiger partial charge in [0.25, 0.3) is 5.91 Å². The van der Waals surface area contributed by atoms with Crippen LogP contribution in [0.3, 0.4) is 0 Å². The van der Waals surface area contributed by atoms with E-state index in [1.165, 1.54) is 16.7 Å². The Balaban J connectivity index is 2.22. The Morgan fingerprint density at radius 2 is 1.93 bits per heavy atom. The predicted molar refractivity (Wildman–Crippen MR) is 102 cm³/mol. The summed E-state index contributed by atoms with van der Waals surface area (Å²) in [7, 11) is 0. The molecule has 1 atom stereocenters. The molecule has 1 heterocycles. The summed E-state index contributed by atoms with van der Waals surface area (Å²) in [4.78, 5) is 27.5. The molecule has 1 N–H and O–H groups in total. The number of hydrogen-bond acceptors (Lipinski definition) is 4. The van der Waals surface area contributed by atoms with Gasteiger partial charge in [0, 0.05) is 17.0 Å². The number of carbonyl (C=O) groups excluding carboxylic acids is 2. The lowest BCUT2D eigenvalue weighted by molar-refractivity contribution is -0.148. The molecular formula is C19H24F2N2O3S. The zero-order chi connectivity index (χ0) is 20.4. The average molecular weight is 398 g/mol. The Hall–Kier alpha value is -2.09. The second-order valence-corrected chi connectivity index (χ2v) is 8.35. The van der Waals surface area contributed by atoms with Crippen molar-refractivity contribution in [2.45, 2.75) is 51.8 Å². The SMILES string of the molecule is CCC(C)SC1=C(C)OCN(C(C)(C)C(=O)Nc2cc(F)cc(F)c2)C1=O. The lowest BCUT2D eigenvalue weighted by Gasteiger charge is -2.40. The molecule has 27 heavy (non-hydrogen) atoms. The summed E-state index contributed by atoms with van der Waals surface area (Å²) in [6.07, 6.45) is 0.879. The van der Waals surface area contributed by atoms with Crippen molar-refractivity contribution in [1.29, 1.82) is 0 Å². The third-order valence-corrected chi connectivity index (χ3v) is 5.85. The number of rotatable bonds is 6. The van der Waals surface area contributed by atoms with Gasteiger partial charge in [0.05, 0.1) is 0 Å². The Morgan fingerprint density at radius 3 is 2.48 bits per heavy atom. The van der Waals surface area contributed by atoms with Gasteiger partial charge in [-0.1, -0.05) is 13.8 Å². The largest absolute Gasteiger partial charge is 0.476 e. The minimum absolute atomic E-state index is 0.0168. The number of carbonyl (C=O) groups is 2. The van der Waals surface area contributed by atoms with Crippen molar-refractivity contribution < 1.29 is 23.1 Å². The van der Waals surface area contributed by atoms with Crippen LogP contribution >= 0.6 is 11.8 Å². The Morgan fingerprint density at radius 1 is 1.33 bits per heavy atom. The molecule has 0 radical (unpaired) electrons. The van der Waals surface area contributed by atoms with E-state index in [-0.39, 0.29) is 23.6 Å². The number of thioether (sulfide) groups is 1. The molecule has 2 rings (SSSR count). The highest BCUT2D eigenvalue weighted by Crippen LogP contribution is 2.34. The average Bonchev–Trinajstić information content (AvgIpc) is 2.57. The summed E-state index contributed by atoms with van der Waals surface area (Å²) in [5, 5.41) is 2.69. The molecule has 0 saturated carbocycles. The van der Waals surface area contributed by atoms with Crippen LogP contribution < -0.4 is 5.32 Å². The maximum Gasteiger partial charge on any atom is 0.267 e. The van der Waals surface area contributed by atoms with Crippen LogP contribution in [0.1, 0.15) is 41.0 Å². The number of nitrogens with zero attached hydrogens (tertiary/aromatic N) is 1. The zero-order valence-electron chi connectivity index (χ0n) is 16.1. The second kappa shape index (κ2) is 8.29. The van der Waals surface area contributed by atoms with Gasteiger partial charge in [-0.05, 0) is 39.3 Å². The third-order valence-electron chi connectivity index (χ3n) is 4.41. The monoisotopic (exact) mass is 398 g/mol. The van der Waals surface area contributed by atoms with Gasteiger partial charge in [0.2, 0.25) is 5.91 Å². The molecule has 1 unspecified atom stereocenters. The number of allylic oxidation sites excluding steroid dienone is 1. The van der Waals surface area contributed by atoms with Gasteiger partial charge in [-0.2, -0.15) is 0 Å².